The van der Waals surface area contributed by atoms with Crippen molar-refractivity contribution in [2.45, 2.75) is 19.9 Å². The third-order valence-electron chi connectivity index (χ3n) is 2.02. The Balaban J connectivity index is 2.89. The van der Waals surface area contributed by atoms with Gasteiger partial charge in [0.2, 0.25) is 0 Å². The van der Waals surface area contributed by atoms with E-state index in [0.29, 0.717) is 5.69 Å². The van der Waals surface area contributed by atoms with E-state index in [0.717, 1.165) is 0 Å². The molecule has 0 aliphatic carbocycles. The lowest BCUT2D eigenvalue weighted by Crippen LogP contribution is -2.40. The molecule has 0 bridgehead atoms. The van der Waals surface area contributed by atoms with Gasteiger partial charge in [-0.1, -0.05) is 0 Å². The third-order valence-corrected chi connectivity index (χ3v) is 2.02. The van der Waals surface area contributed by atoms with Gasteiger partial charge in [0, 0.05) is 5.69 Å². The molecule has 0 spiro atoms. The van der Waals surface area contributed by atoms with Gasteiger partial charge in [0.1, 0.15) is 11.6 Å². The molecule has 6 heteroatoms. The van der Waals surface area contributed by atoms with Crippen LogP contribution in [0, 0.1) is 6.92 Å². The van der Waals surface area contributed by atoms with Gasteiger partial charge in [-0.2, -0.15) is 0 Å². The summed E-state index contributed by atoms with van der Waals surface area (Å²) in [6.07, 6.45) is 0. The molecule has 1 aromatic rings. The fraction of sp³-hybridized carbons (Fsp3) is 0.300. The van der Waals surface area contributed by atoms with Gasteiger partial charge >= 0.3 is 5.97 Å². The van der Waals surface area contributed by atoms with Crippen molar-refractivity contribution < 1.29 is 14.7 Å². The minimum atomic E-state index is -1.16. The third kappa shape index (κ3) is 2.69. The smallest absolute Gasteiger partial charge is 0.325 e. The fourth-order valence-corrected chi connectivity index (χ4v) is 1.09. The number of carbonyl (C=O) groups is 2. The van der Waals surface area contributed by atoms with Crippen molar-refractivity contribution in [3.05, 3.63) is 33.7 Å². The molecule has 0 aliphatic rings. The van der Waals surface area contributed by atoms with Gasteiger partial charge < -0.3 is 15.4 Å². The highest BCUT2D eigenvalue weighted by Gasteiger charge is 2.17. The molecule has 1 heterocycles. The lowest BCUT2D eigenvalue weighted by molar-refractivity contribution is -0.138. The van der Waals surface area contributed by atoms with Crippen molar-refractivity contribution in [2.24, 2.45) is 0 Å². The van der Waals surface area contributed by atoms with Gasteiger partial charge in [-0.05, 0) is 26.0 Å². The van der Waals surface area contributed by atoms with Gasteiger partial charge in [0.05, 0.1) is 0 Å². The molecule has 0 aromatic carbocycles. The monoisotopic (exact) mass is 224 g/mol. The van der Waals surface area contributed by atoms with Crippen LogP contribution in [0.5, 0.6) is 0 Å². The zero-order valence-corrected chi connectivity index (χ0v) is 8.90. The Morgan fingerprint density at radius 3 is 2.56 bits per heavy atom. The fourth-order valence-electron chi connectivity index (χ4n) is 1.09. The predicted octanol–water partition coefficient (Wildman–Crippen LogP) is -0.114. The Morgan fingerprint density at radius 2 is 2.06 bits per heavy atom. The van der Waals surface area contributed by atoms with Crippen LogP contribution >= 0.6 is 0 Å². The van der Waals surface area contributed by atoms with Crippen molar-refractivity contribution >= 4 is 11.9 Å². The van der Waals surface area contributed by atoms with E-state index >= 15 is 0 Å². The van der Waals surface area contributed by atoms with Crippen molar-refractivity contribution in [1.82, 2.24) is 10.3 Å². The van der Waals surface area contributed by atoms with Crippen LogP contribution in [0.15, 0.2) is 16.9 Å². The number of carboxylic acids is 1. The van der Waals surface area contributed by atoms with E-state index in [4.69, 9.17) is 5.11 Å². The summed E-state index contributed by atoms with van der Waals surface area (Å²) < 4.78 is 0. The van der Waals surface area contributed by atoms with Gasteiger partial charge in [-0.3, -0.25) is 14.4 Å². The SMILES string of the molecule is Cc1ccc(C(=O)NC(C)C(=O)O)c(=O)[nH]1. The maximum Gasteiger partial charge on any atom is 0.325 e. The maximum absolute atomic E-state index is 11.5. The molecule has 1 atom stereocenters. The Bertz CT molecular complexity index is 478. The predicted molar refractivity (Wildman–Crippen MR) is 56.4 cm³/mol. The molecule has 0 saturated carbocycles. The highest BCUT2D eigenvalue weighted by molar-refractivity contribution is 5.96. The van der Waals surface area contributed by atoms with Crippen molar-refractivity contribution in [1.29, 1.82) is 0 Å². The summed E-state index contributed by atoms with van der Waals surface area (Å²) in [5, 5.41) is 10.8. The van der Waals surface area contributed by atoms with Crippen LogP contribution in [0.1, 0.15) is 23.0 Å². The highest BCUT2D eigenvalue weighted by atomic mass is 16.4. The largest absolute Gasteiger partial charge is 0.480 e. The van der Waals surface area contributed by atoms with Crippen LogP contribution in [0.2, 0.25) is 0 Å². The first kappa shape index (κ1) is 12.0. The summed E-state index contributed by atoms with van der Waals surface area (Å²) in [6.45, 7) is 3.01. The molecule has 1 amide bonds. The van der Waals surface area contributed by atoms with E-state index in [1.165, 1.54) is 13.0 Å². The Hall–Kier alpha value is -2.11. The minimum Gasteiger partial charge on any atom is -0.480 e. The van der Waals surface area contributed by atoms with Gasteiger partial charge in [-0.25, -0.2) is 0 Å². The summed E-state index contributed by atoms with van der Waals surface area (Å²) in [7, 11) is 0. The Kier molecular flexibility index (Phi) is 3.44. The number of amides is 1. The van der Waals surface area contributed by atoms with Gasteiger partial charge in [0.25, 0.3) is 11.5 Å². The number of H-pyrrole nitrogens is 1. The van der Waals surface area contributed by atoms with Crippen LogP contribution in [0.4, 0.5) is 0 Å². The lowest BCUT2D eigenvalue weighted by atomic mass is 10.2. The molecule has 0 saturated heterocycles. The second-order valence-electron chi connectivity index (χ2n) is 3.42. The summed E-state index contributed by atoms with van der Waals surface area (Å²) in [6, 6.07) is 1.90. The first-order valence-electron chi connectivity index (χ1n) is 4.65. The van der Waals surface area contributed by atoms with Crippen LogP contribution in [0.3, 0.4) is 0 Å². The number of rotatable bonds is 3. The van der Waals surface area contributed by atoms with E-state index < -0.39 is 23.5 Å². The number of carboxylic acid groups (broad SMARTS) is 1. The van der Waals surface area contributed by atoms with Crippen LogP contribution < -0.4 is 10.9 Å². The van der Waals surface area contributed by atoms with Crippen LogP contribution in [0.25, 0.3) is 0 Å². The molecule has 86 valence electrons. The van der Waals surface area contributed by atoms with Crippen molar-refractivity contribution in [3.63, 3.8) is 0 Å². The summed E-state index contributed by atoms with van der Waals surface area (Å²) >= 11 is 0. The number of aryl methyl sites for hydroxylation is 1. The number of carbonyl (C=O) groups excluding carboxylic acids is 1. The van der Waals surface area contributed by atoms with E-state index in [2.05, 4.69) is 10.3 Å². The summed E-state index contributed by atoms with van der Waals surface area (Å²) in [4.78, 5) is 35.8. The number of pyridine rings is 1. The summed E-state index contributed by atoms with van der Waals surface area (Å²) in [5.74, 6) is -1.85. The van der Waals surface area contributed by atoms with Crippen LogP contribution in [-0.4, -0.2) is 28.0 Å². The van der Waals surface area contributed by atoms with Crippen LogP contribution in [-0.2, 0) is 4.79 Å². The summed E-state index contributed by atoms with van der Waals surface area (Å²) in [5.41, 5.74) is 0.00150. The topological polar surface area (TPSA) is 99.3 Å². The number of hydrogen-bond donors (Lipinski definition) is 3. The zero-order chi connectivity index (χ0) is 12.3. The minimum absolute atomic E-state index is 0.0984. The molecular formula is C10H12N2O4. The quantitative estimate of drug-likeness (QED) is 0.666. The number of aromatic amines is 1. The lowest BCUT2D eigenvalue weighted by Gasteiger charge is -2.08. The van der Waals surface area contributed by atoms with Crippen molar-refractivity contribution in [2.75, 3.05) is 0 Å². The molecule has 0 radical (unpaired) electrons. The van der Waals surface area contributed by atoms with Crippen molar-refractivity contribution in [3.8, 4) is 0 Å². The molecule has 0 aliphatic heterocycles. The number of aromatic nitrogens is 1. The first-order chi connectivity index (χ1) is 7.41. The van der Waals surface area contributed by atoms with Gasteiger partial charge in [0.15, 0.2) is 0 Å². The molecule has 1 rings (SSSR count). The molecule has 1 aromatic heterocycles. The Morgan fingerprint density at radius 1 is 1.44 bits per heavy atom. The van der Waals surface area contributed by atoms with E-state index in [9.17, 15) is 14.4 Å². The second-order valence-corrected chi connectivity index (χ2v) is 3.42. The molecular weight excluding hydrogens is 212 g/mol. The average Bonchev–Trinajstić information content (AvgIpc) is 2.16. The molecule has 1 unspecified atom stereocenters. The van der Waals surface area contributed by atoms with E-state index in [1.54, 1.807) is 13.0 Å². The normalized spacial score (nSPS) is 11.9. The molecule has 3 N–H and O–H groups in total. The molecule has 6 nitrogen and oxygen atoms in total. The number of hydrogen-bond acceptors (Lipinski definition) is 3. The first-order valence-corrected chi connectivity index (χ1v) is 4.65. The van der Waals surface area contributed by atoms with Gasteiger partial charge in [-0.15, -0.1) is 0 Å². The zero-order valence-electron chi connectivity index (χ0n) is 8.90. The maximum atomic E-state index is 11.5. The number of aliphatic carboxylic acids is 1. The second kappa shape index (κ2) is 4.61. The van der Waals surface area contributed by atoms with E-state index in [1.807, 2.05) is 0 Å². The standard InChI is InChI=1S/C10H12N2O4/c1-5-3-4-7(8(13)11-5)9(14)12-6(2)10(15)16/h3-4,6H,1-2H3,(H,11,13)(H,12,14)(H,15,16). The molecule has 0 fully saturated rings. The highest BCUT2D eigenvalue weighted by Crippen LogP contribution is 1.94. The van der Waals surface area contributed by atoms with E-state index in [-0.39, 0.29) is 5.56 Å². The number of nitrogens with one attached hydrogen (secondary N) is 2. The molecule has 16 heavy (non-hydrogen) atoms. The Labute approximate surface area is 91.3 Å². The average molecular weight is 224 g/mol.